The number of aliphatic carboxylic acids is 1. The molecule has 9 heteroatoms. The van der Waals surface area contributed by atoms with Gasteiger partial charge >= 0.3 is 5.97 Å². The van der Waals surface area contributed by atoms with Gasteiger partial charge in [-0.3, -0.25) is 4.31 Å². The van der Waals surface area contributed by atoms with Gasteiger partial charge in [0.2, 0.25) is 4.34 Å². The lowest BCUT2D eigenvalue weighted by molar-refractivity contribution is -0.131. The van der Waals surface area contributed by atoms with E-state index in [0.29, 0.717) is 17.1 Å². The Morgan fingerprint density at radius 1 is 1.11 bits per heavy atom. The minimum absolute atomic E-state index is 0.0507. The summed E-state index contributed by atoms with van der Waals surface area (Å²) < 4.78 is 35.2. The number of sulfonamides is 1. The number of aromatic nitrogens is 1. The molecule has 0 aliphatic heterocycles. The average Bonchev–Trinajstić information content (AvgIpc) is 3.32. The van der Waals surface area contributed by atoms with E-state index in [1.54, 1.807) is 24.4 Å². The maximum Gasteiger partial charge on any atom is 0.328 e. The van der Waals surface area contributed by atoms with E-state index in [9.17, 15) is 13.2 Å². The number of benzene rings is 3. The smallest absolute Gasteiger partial charge is 0.328 e. The van der Waals surface area contributed by atoms with Crippen molar-refractivity contribution in [2.24, 2.45) is 5.92 Å². The van der Waals surface area contributed by atoms with Crippen LogP contribution >= 0.6 is 11.3 Å². The molecule has 0 amide bonds. The summed E-state index contributed by atoms with van der Waals surface area (Å²) in [5.41, 5.74) is 2.73. The van der Waals surface area contributed by atoms with Crippen LogP contribution in [0.25, 0.3) is 16.8 Å². The molecule has 0 fully saturated rings. The number of carbonyl (C=O) groups is 1. The number of rotatable bonds is 10. The first-order valence-corrected chi connectivity index (χ1v) is 14.1. The number of anilines is 1. The third kappa shape index (κ3) is 6.36. The Morgan fingerprint density at radius 2 is 1.78 bits per heavy atom. The van der Waals surface area contributed by atoms with Crippen molar-refractivity contribution < 1.29 is 23.1 Å². The third-order valence-corrected chi connectivity index (χ3v) is 8.66. The van der Waals surface area contributed by atoms with Crippen LogP contribution in [0.2, 0.25) is 0 Å². The zero-order valence-corrected chi connectivity index (χ0v) is 22.4. The predicted octanol–water partition coefficient (Wildman–Crippen LogP) is 6.13. The van der Waals surface area contributed by atoms with E-state index in [4.69, 9.17) is 9.84 Å². The van der Waals surface area contributed by atoms with Crippen molar-refractivity contribution in [2.45, 2.75) is 31.7 Å². The van der Waals surface area contributed by atoms with Crippen molar-refractivity contribution in [1.82, 2.24) is 4.98 Å². The molecule has 7 nitrogen and oxygen atoms in total. The summed E-state index contributed by atoms with van der Waals surface area (Å²) in [5, 5.41) is 12.4. The molecule has 4 aromatic rings. The first-order valence-electron chi connectivity index (χ1n) is 11.7. The van der Waals surface area contributed by atoms with Gasteiger partial charge in [0.25, 0.3) is 10.0 Å². The normalized spacial score (nSPS) is 11.9. The lowest BCUT2D eigenvalue weighted by Gasteiger charge is -2.27. The predicted molar refractivity (Wildman–Crippen MR) is 148 cm³/mol. The maximum atomic E-state index is 13.8. The minimum atomic E-state index is -3.92. The summed E-state index contributed by atoms with van der Waals surface area (Å²) in [6.45, 7) is 6.19. The number of ether oxygens (including phenoxy) is 1. The van der Waals surface area contributed by atoms with Gasteiger partial charge in [0.1, 0.15) is 12.4 Å². The average molecular weight is 537 g/mol. The monoisotopic (exact) mass is 536 g/mol. The van der Waals surface area contributed by atoms with E-state index in [1.807, 2.05) is 62.4 Å². The van der Waals surface area contributed by atoms with Gasteiger partial charge in [0.05, 0.1) is 5.69 Å². The molecule has 0 saturated heterocycles. The number of hydrogen-bond donors (Lipinski definition) is 1. The summed E-state index contributed by atoms with van der Waals surface area (Å²) in [5.74, 6) is -0.502. The van der Waals surface area contributed by atoms with Crippen molar-refractivity contribution in [3.05, 3.63) is 88.9 Å². The highest BCUT2D eigenvalue weighted by molar-refractivity contribution is 7.94. The molecule has 0 atom stereocenters. The van der Waals surface area contributed by atoms with Crippen LogP contribution in [0, 0.1) is 12.8 Å². The fourth-order valence-corrected chi connectivity index (χ4v) is 6.54. The quantitative estimate of drug-likeness (QED) is 0.245. The maximum absolute atomic E-state index is 13.8. The molecular formula is C28H28N2O5S2. The topological polar surface area (TPSA) is 96.8 Å². The second-order valence-corrected chi connectivity index (χ2v) is 11.9. The number of carboxylic acids is 1. The third-order valence-electron chi connectivity index (χ3n) is 5.53. The molecule has 0 bridgehead atoms. The summed E-state index contributed by atoms with van der Waals surface area (Å²) in [4.78, 5) is 15.0. The summed E-state index contributed by atoms with van der Waals surface area (Å²) in [6, 6.07) is 18.8. The van der Waals surface area contributed by atoms with Gasteiger partial charge < -0.3 is 9.84 Å². The standard InChI is InChI=1S/C28H28N2O5S2/c1-19(2)16-30(37(33,34)28-29-20(3)18-36-28)25-14-23-6-4-5-7-24(23)15-26(25)35-17-22-10-8-21(9-11-22)12-13-27(31)32/h4-15,18-19H,16-17H2,1-3H3,(H,31,32). The second kappa shape index (κ2) is 11.1. The van der Waals surface area contributed by atoms with Crippen LogP contribution in [0.1, 0.15) is 30.7 Å². The highest BCUT2D eigenvalue weighted by Gasteiger charge is 2.31. The zero-order valence-electron chi connectivity index (χ0n) is 20.8. The van der Waals surface area contributed by atoms with Gasteiger partial charge in [-0.05, 0) is 52.9 Å². The van der Waals surface area contributed by atoms with Gasteiger partial charge in [-0.2, -0.15) is 8.42 Å². The van der Waals surface area contributed by atoms with Crippen LogP contribution in [-0.2, 0) is 21.4 Å². The first kappa shape index (κ1) is 26.4. The number of thiazole rings is 1. The largest absolute Gasteiger partial charge is 0.487 e. The fourth-order valence-electron chi connectivity index (χ4n) is 3.77. The first-order chi connectivity index (χ1) is 17.6. The molecule has 1 heterocycles. The number of hydrogen-bond acceptors (Lipinski definition) is 6. The molecule has 1 aromatic heterocycles. The van der Waals surface area contributed by atoms with E-state index >= 15 is 0 Å². The van der Waals surface area contributed by atoms with Gasteiger partial charge in [-0.1, -0.05) is 62.4 Å². The molecular weight excluding hydrogens is 508 g/mol. The van der Waals surface area contributed by atoms with E-state index in [1.165, 1.54) is 10.4 Å². The molecule has 3 aromatic carbocycles. The molecule has 0 saturated carbocycles. The lowest BCUT2D eigenvalue weighted by atomic mass is 10.1. The van der Waals surface area contributed by atoms with E-state index < -0.39 is 16.0 Å². The second-order valence-electron chi connectivity index (χ2n) is 9.05. The van der Waals surface area contributed by atoms with Gasteiger partial charge in [0.15, 0.2) is 0 Å². The van der Waals surface area contributed by atoms with E-state index in [-0.39, 0.29) is 23.4 Å². The Balaban J connectivity index is 1.73. The summed E-state index contributed by atoms with van der Waals surface area (Å²) in [6.07, 6.45) is 2.60. The van der Waals surface area contributed by atoms with Crippen LogP contribution in [0.5, 0.6) is 5.75 Å². The van der Waals surface area contributed by atoms with Crippen molar-refractivity contribution in [3.63, 3.8) is 0 Å². The minimum Gasteiger partial charge on any atom is -0.487 e. The highest BCUT2D eigenvalue weighted by Crippen LogP contribution is 2.38. The molecule has 0 spiro atoms. The van der Waals surface area contributed by atoms with Crippen LogP contribution in [-0.4, -0.2) is 31.0 Å². The lowest BCUT2D eigenvalue weighted by Crippen LogP contribution is -2.34. The Morgan fingerprint density at radius 3 is 2.38 bits per heavy atom. The van der Waals surface area contributed by atoms with Crippen molar-refractivity contribution in [1.29, 1.82) is 0 Å². The van der Waals surface area contributed by atoms with Crippen molar-refractivity contribution >= 4 is 49.9 Å². The Hall–Kier alpha value is -3.69. The Bertz CT molecular complexity index is 1540. The Labute approximate surface area is 220 Å². The summed E-state index contributed by atoms with van der Waals surface area (Å²) in [7, 11) is -3.92. The molecule has 0 aliphatic carbocycles. The SMILES string of the molecule is Cc1csc(S(=O)(=O)N(CC(C)C)c2cc3ccccc3cc2OCc2ccc(C=CC(=O)O)cc2)n1. The molecule has 4 rings (SSSR count). The zero-order chi connectivity index (χ0) is 26.6. The molecule has 0 radical (unpaired) electrons. The number of fused-ring (bicyclic) bond motifs is 1. The molecule has 0 aliphatic rings. The van der Waals surface area contributed by atoms with Crippen LogP contribution < -0.4 is 9.04 Å². The van der Waals surface area contributed by atoms with Crippen LogP contribution in [0.15, 0.2) is 76.5 Å². The molecule has 192 valence electrons. The van der Waals surface area contributed by atoms with Crippen LogP contribution in [0.3, 0.4) is 0 Å². The summed E-state index contributed by atoms with van der Waals surface area (Å²) >= 11 is 1.11. The van der Waals surface area contributed by atoms with Gasteiger partial charge in [0, 0.05) is 23.7 Å². The molecule has 1 N–H and O–H groups in total. The van der Waals surface area contributed by atoms with Crippen LogP contribution in [0.4, 0.5) is 5.69 Å². The Kier molecular flexibility index (Phi) is 7.94. The van der Waals surface area contributed by atoms with Gasteiger partial charge in [-0.25, -0.2) is 9.78 Å². The van der Waals surface area contributed by atoms with E-state index in [0.717, 1.165) is 39.3 Å². The van der Waals surface area contributed by atoms with Gasteiger partial charge in [-0.15, -0.1) is 11.3 Å². The number of nitrogens with zero attached hydrogens (tertiary/aromatic N) is 2. The highest BCUT2D eigenvalue weighted by atomic mass is 32.2. The van der Waals surface area contributed by atoms with Crippen molar-refractivity contribution in [3.8, 4) is 5.75 Å². The molecule has 37 heavy (non-hydrogen) atoms. The number of aryl methyl sites for hydroxylation is 1. The number of carboxylic acid groups (broad SMARTS) is 1. The fraction of sp³-hybridized carbons (Fsp3) is 0.214. The molecule has 0 unspecified atom stereocenters. The van der Waals surface area contributed by atoms with Crippen molar-refractivity contribution in [2.75, 3.05) is 10.8 Å². The van der Waals surface area contributed by atoms with E-state index in [2.05, 4.69) is 4.98 Å².